The summed E-state index contributed by atoms with van der Waals surface area (Å²) in [5.41, 5.74) is -0.709. The van der Waals surface area contributed by atoms with Gasteiger partial charge in [-0.25, -0.2) is 9.37 Å². The number of hydrogen-bond donors (Lipinski definition) is 2. The number of benzene rings is 1. The quantitative estimate of drug-likeness (QED) is 0.493. The van der Waals surface area contributed by atoms with Crippen LogP contribution in [-0.2, 0) is 0 Å². The molecule has 0 aliphatic carbocycles. The van der Waals surface area contributed by atoms with Crippen LogP contribution in [0.15, 0.2) is 29.2 Å². The highest BCUT2D eigenvalue weighted by molar-refractivity contribution is 5.66. The number of nitrogen functional groups attached to an aromatic ring is 1. The van der Waals surface area contributed by atoms with E-state index < -0.39 is 16.3 Å². The first-order valence-corrected chi connectivity index (χ1v) is 5.45. The number of anilines is 2. The number of nitrogens with two attached hydrogens (primary N) is 1. The Bertz CT molecular complexity index is 743. The Morgan fingerprint density at radius 3 is 2.85 bits per heavy atom. The lowest BCUT2D eigenvalue weighted by molar-refractivity contribution is -0.384. The second-order valence-electron chi connectivity index (χ2n) is 3.98. The maximum atomic E-state index is 13.2. The van der Waals surface area contributed by atoms with Crippen molar-refractivity contribution in [3.8, 4) is 0 Å². The number of aromatic nitrogens is 2. The van der Waals surface area contributed by atoms with Gasteiger partial charge < -0.3 is 11.2 Å². The fourth-order valence-electron chi connectivity index (χ4n) is 1.54. The van der Waals surface area contributed by atoms with Crippen molar-refractivity contribution in [3.63, 3.8) is 0 Å². The third kappa shape index (κ3) is 2.41. The van der Waals surface area contributed by atoms with E-state index in [0.717, 1.165) is 18.2 Å². The number of nitrogens with one attached hydrogen (secondary N) is 1. The van der Waals surface area contributed by atoms with Gasteiger partial charge in [-0.1, -0.05) is 0 Å². The predicted molar refractivity (Wildman–Crippen MR) is 69.7 cm³/mol. The Morgan fingerprint density at radius 2 is 2.20 bits per heavy atom. The van der Waals surface area contributed by atoms with Crippen LogP contribution in [0.5, 0.6) is 0 Å². The molecule has 2 rings (SSSR count). The van der Waals surface area contributed by atoms with E-state index in [2.05, 4.69) is 10.3 Å². The molecule has 20 heavy (non-hydrogen) atoms. The normalized spacial score (nSPS) is 10.3. The highest BCUT2D eigenvalue weighted by Crippen LogP contribution is 2.26. The van der Waals surface area contributed by atoms with Gasteiger partial charge in [-0.2, -0.15) is 4.68 Å². The molecule has 0 spiro atoms. The van der Waals surface area contributed by atoms with Crippen LogP contribution < -0.4 is 16.7 Å². The molecule has 0 bridgehead atoms. The average Bonchev–Trinajstić information content (AvgIpc) is 2.39. The number of nitro groups is 1. The lowest BCUT2D eigenvalue weighted by Crippen LogP contribution is -2.31. The van der Waals surface area contributed by atoms with Crippen molar-refractivity contribution >= 4 is 17.3 Å². The maximum absolute atomic E-state index is 13.2. The molecule has 0 saturated carbocycles. The van der Waals surface area contributed by atoms with Gasteiger partial charge >= 0.3 is 0 Å². The monoisotopic (exact) mass is 279 g/mol. The largest absolute Gasteiger partial charge is 0.333 e. The summed E-state index contributed by atoms with van der Waals surface area (Å²) in [7, 11) is 0. The van der Waals surface area contributed by atoms with Crippen LogP contribution in [0.4, 0.5) is 21.7 Å². The van der Waals surface area contributed by atoms with E-state index >= 15 is 0 Å². The second kappa shape index (κ2) is 4.96. The van der Waals surface area contributed by atoms with Gasteiger partial charge in [0.05, 0.1) is 4.92 Å². The molecular formula is C11H10FN5O3. The van der Waals surface area contributed by atoms with Crippen molar-refractivity contribution in [2.75, 3.05) is 11.2 Å². The minimum Gasteiger partial charge on any atom is -0.333 e. The van der Waals surface area contributed by atoms with E-state index in [1.54, 1.807) is 0 Å². The van der Waals surface area contributed by atoms with Gasteiger partial charge in [-0.15, -0.1) is 0 Å². The first-order valence-electron chi connectivity index (χ1n) is 5.45. The van der Waals surface area contributed by atoms with Gasteiger partial charge in [0.2, 0.25) is 5.95 Å². The minimum absolute atomic E-state index is 0.130. The zero-order valence-electron chi connectivity index (χ0n) is 10.3. The number of rotatable bonds is 3. The number of aryl methyl sites for hydroxylation is 1. The van der Waals surface area contributed by atoms with Crippen LogP contribution in [0.2, 0.25) is 0 Å². The molecule has 0 aliphatic rings. The zero-order valence-corrected chi connectivity index (χ0v) is 10.3. The van der Waals surface area contributed by atoms with Crippen LogP contribution in [0.25, 0.3) is 0 Å². The average molecular weight is 279 g/mol. The summed E-state index contributed by atoms with van der Waals surface area (Å²) in [6, 6.07) is 2.89. The van der Waals surface area contributed by atoms with E-state index in [1.807, 2.05) is 0 Å². The third-order valence-electron chi connectivity index (χ3n) is 2.57. The van der Waals surface area contributed by atoms with Crippen molar-refractivity contribution in [1.82, 2.24) is 9.66 Å². The summed E-state index contributed by atoms with van der Waals surface area (Å²) >= 11 is 0. The predicted octanol–water partition coefficient (Wildman–Crippen LogP) is 1.06. The summed E-state index contributed by atoms with van der Waals surface area (Å²) < 4.78 is 13.9. The van der Waals surface area contributed by atoms with Crippen LogP contribution in [0.1, 0.15) is 5.56 Å². The Labute approximate surface area is 111 Å². The molecule has 8 nitrogen and oxygen atoms in total. The van der Waals surface area contributed by atoms with E-state index in [9.17, 15) is 19.3 Å². The van der Waals surface area contributed by atoms with Crippen LogP contribution in [0.3, 0.4) is 0 Å². The van der Waals surface area contributed by atoms with E-state index in [1.165, 1.54) is 13.1 Å². The standard InChI is InChI=1S/C11H10FN5O3/c1-6-5-14-11(16(13)10(6)18)15-8-4-7(12)2-3-9(8)17(19)20/h2-5H,13H2,1H3,(H,14,15). The van der Waals surface area contributed by atoms with Gasteiger partial charge in [0, 0.05) is 23.9 Å². The summed E-state index contributed by atoms with van der Waals surface area (Å²) in [4.78, 5) is 25.6. The Morgan fingerprint density at radius 1 is 1.50 bits per heavy atom. The lowest BCUT2D eigenvalue weighted by atomic mass is 10.2. The molecule has 1 aromatic carbocycles. The smallest absolute Gasteiger partial charge is 0.292 e. The van der Waals surface area contributed by atoms with Crippen LogP contribution in [0, 0.1) is 22.9 Å². The molecule has 0 amide bonds. The van der Waals surface area contributed by atoms with E-state index in [4.69, 9.17) is 5.84 Å². The summed E-state index contributed by atoms with van der Waals surface area (Å²) in [6.45, 7) is 1.52. The Balaban J connectivity index is 2.50. The summed E-state index contributed by atoms with van der Waals surface area (Å²) in [5, 5.41) is 13.3. The molecule has 104 valence electrons. The molecule has 3 N–H and O–H groups in total. The number of halogens is 1. The van der Waals surface area contributed by atoms with Crippen molar-refractivity contribution in [1.29, 1.82) is 0 Å². The zero-order chi connectivity index (χ0) is 14.9. The van der Waals surface area contributed by atoms with E-state index in [-0.39, 0.29) is 17.3 Å². The van der Waals surface area contributed by atoms with Crippen molar-refractivity contribution in [2.24, 2.45) is 0 Å². The van der Waals surface area contributed by atoms with Crippen LogP contribution in [-0.4, -0.2) is 14.6 Å². The molecule has 2 aromatic rings. The first-order chi connectivity index (χ1) is 9.40. The molecular weight excluding hydrogens is 269 g/mol. The SMILES string of the molecule is Cc1cnc(Nc2cc(F)ccc2[N+](=O)[O-])n(N)c1=O. The van der Waals surface area contributed by atoms with Gasteiger partial charge in [-0.05, 0) is 13.0 Å². The molecule has 0 unspecified atom stereocenters. The number of nitrogens with zero attached hydrogens (tertiary/aromatic N) is 3. The lowest BCUT2D eigenvalue weighted by Gasteiger charge is -2.10. The number of hydrogen-bond acceptors (Lipinski definition) is 6. The fraction of sp³-hybridized carbons (Fsp3) is 0.0909. The minimum atomic E-state index is -0.686. The van der Waals surface area contributed by atoms with Crippen molar-refractivity contribution < 1.29 is 9.31 Å². The molecule has 0 saturated heterocycles. The topological polar surface area (TPSA) is 116 Å². The second-order valence-corrected chi connectivity index (χ2v) is 3.98. The van der Waals surface area contributed by atoms with Gasteiger partial charge in [-0.3, -0.25) is 14.9 Å². The molecule has 1 heterocycles. The van der Waals surface area contributed by atoms with Crippen molar-refractivity contribution in [3.05, 3.63) is 56.2 Å². The molecule has 0 aliphatic heterocycles. The van der Waals surface area contributed by atoms with Gasteiger partial charge in [0.25, 0.3) is 11.2 Å². The first kappa shape index (κ1) is 13.5. The van der Waals surface area contributed by atoms with Gasteiger partial charge in [0.15, 0.2) is 0 Å². The molecule has 9 heteroatoms. The number of nitro benzene ring substituents is 1. The molecule has 0 atom stereocenters. The molecule has 0 radical (unpaired) electrons. The van der Waals surface area contributed by atoms with Crippen LogP contribution >= 0.6 is 0 Å². The molecule has 0 fully saturated rings. The summed E-state index contributed by atoms with van der Waals surface area (Å²) in [5.74, 6) is 4.71. The molecule has 1 aromatic heterocycles. The highest BCUT2D eigenvalue weighted by Gasteiger charge is 2.16. The van der Waals surface area contributed by atoms with E-state index in [0.29, 0.717) is 10.2 Å². The Hall–Kier alpha value is -2.97. The van der Waals surface area contributed by atoms with Gasteiger partial charge in [0.1, 0.15) is 11.5 Å². The summed E-state index contributed by atoms with van der Waals surface area (Å²) in [6.07, 6.45) is 1.26. The fourth-order valence-corrected chi connectivity index (χ4v) is 1.54. The third-order valence-corrected chi connectivity index (χ3v) is 2.57. The maximum Gasteiger partial charge on any atom is 0.292 e. The Kier molecular flexibility index (Phi) is 3.34. The highest BCUT2D eigenvalue weighted by atomic mass is 19.1. The van der Waals surface area contributed by atoms with Crippen molar-refractivity contribution in [2.45, 2.75) is 6.92 Å².